The van der Waals surface area contributed by atoms with Crippen LogP contribution in [0.1, 0.15) is 23.1 Å². The first-order valence-corrected chi connectivity index (χ1v) is 4.64. The van der Waals surface area contributed by atoms with E-state index in [1.54, 1.807) is 17.1 Å². The second-order valence-corrected chi connectivity index (χ2v) is 3.47. The number of carbonyl (C=O) groups is 1. The minimum Gasteiger partial charge on any atom is -0.335 e. The monoisotopic (exact) mass is 204 g/mol. The second kappa shape index (κ2) is 3.34. The molecule has 1 N–H and O–H groups in total. The lowest BCUT2D eigenvalue weighted by molar-refractivity contribution is 0.101. The van der Waals surface area contributed by atoms with Gasteiger partial charge in [-0.3, -0.25) is 9.48 Å². The summed E-state index contributed by atoms with van der Waals surface area (Å²) >= 11 is 0. The Bertz CT molecular complexity index is 509. The van der Waals surface area contributed by atoms with Crippen LogP contribution in [0.3, 0.4) is 0 Å². The summed E-state index contributed by atoms with van der Waals surface area (Å²) in [7, 11) is 1.87. The third-order valence-corrected chi connectivity index (χ3v) is 2.45. The van der Waals surface area contributed by atoms with E-state index >= 15 is 0 Å². The van der Waals surface area contributed by atoms with Gasteiger partial charge in [0.05, 0.1) is 18.0 Å². The van der Waals surface area contributed by atoms with Gasteiger partial charge in [0.25, 0.3) is 0 Å². The van der Waals surface area contributed by atoms with Crippen LogP contribution < -0.4 is 0 Å². The Morgan fingerprint density at radius 2 is 2.20 bits per heavy atom. The van der Waals surface area contributed by atoms with Gasteiger partial charge in [0.2, 0.25) is 0 Å². The summed E-state index contributed by atoms with van der Waals surface area (Å²) in [5.41, 5.74) is 2.46. The van der Waals surface area contributed by atoms with Gasteiger partial charge in [-0.25, -0.2) is 4.98 Å². The lowest BCUT2D eigenvalue weighted by atomic mass is 10.2. The Hall–Kier alpha value is -1.91. The average Bonchev–Trinajstić information content (AvgIpc) is 2.76. The van der Waals surface area contributed by atoms with Crippen LogP contribution >= 0.6 is 0 Å². The summed E-state index contributed by atoms with van der Waals surface area (Å²) in [5, 5.41) is 4.12. The number of carbonyl (C=O) groups excluding carboxylic acids is 1. The Balaban J connectivity index is 2.46. The molecule has 0 saturated carbocycles. The van der Waals surface area contributed by atoms with Crippen molar-refractivity contribution in [3.05, 3.63) is 23.8 Å². The number of ketones is 1. The van der Waals surface area contributed by atoms with Crippen molar-refractivity contribution < 1.29 is 4.79 Å². The lowest BCUT2D eigenvalue weighted by Crippen LogP contribution is -1.93. The number of nitrogens with zero attached hydrogens (tertiary/aromatic N) is 3. The van der Waals surface area contributed by atoms with Gasteiger partial charge in [0.15, 0.2) is 5.78 Å². The largest absolute Gasteiger partial charge is 0.335 e. The van der Waals surface area contributed by atoms with Gasteiger partial charge in [0, 0.05) is 19.7 Å². The molecular formula is C10H12N4O. The van der Waals surface area contributed by atoms with Crippen LogP contribution in [0.4, 0.5) is 0 Å². The molecule has 15 heavy (non-hydrogen) atoms. The van der Waals surface area contributed by atoms with E-state index < -0.39 is 0 Å². The van der Waals surface area contributed by atoms with E-state index in [1.807, 2.05) is 14.0 Å². The fraction of sp³-hybridized carbons (Fsp3) is 0.300. The topological polar surface area (TPSA) is 63.6 Å². The van der Waals surface area contributed by atoms with Crippen molar-refractivity contribution in [3.8, 4) is 11.4 Å². The minimum absolute atomic E-state index is 0.0182. The van der Waals surface area contributed by atoms with Crippen LogP contribution in [-0.4, -0.2) is 25.5 Å². The molecule has 2 rings (SSSR count). The molecule has 78 valence electrons. The summed E-state index contributed by atoms with van der Waals surface area (Å²) < 4.78 is 1.77. The number of imidazole rings is 1. The van der Waals surface area contributed by atoms with E-state index in [2.05, 4.69) is 15.1 Å². The molecule has 0 aliphatic carbocycles. The zero-order chi connectivity index (χ0) is 11.0. The van der Waals surface area contributed by atoms with E-state index in [-0.39, 0.29) is 5.78 Å². The molecule has 0 aromatic carbocycles. The van der Waals surface area contributed by atoms with Crippen molar-refractivity contribution in [3.63, 3.8) is 0 Å². The summed E-state index contributed by atoms with van der Waals surface area (Å²) in [5.74, 6) is 0.668. The van der Waals surface area contributed by atoms with Crippen molar-refractivity contribution in [1.82, 2.24) is 19.7 Å². The number of Topliss-reactive ketones (excluding diaryl/α,β-unsaturated/α-hetero) is 1. The molecule has 2 heterocycles. The van der Waals surface area contributed by atoms with Gasteiger partial charge in [-0.1, -0.05) is 0 Å². The molecular weight excluding hydrogens is 192 g/mol. The molecule has 0 saturated heterocycles. The van der Waals surface area contributed by atoms with Crippen LogP contribution in [0.5, 0.6) is 0 Å². The molecule has 5 nitrogen and oxygen atoms in total. The summed E-state index contributed by atoms with van der Waals surface area (Å²) in [6, 6.07) is 0. The molecule has 0 aliphatic heterocycles. The number of hydrogen-bond donors (Lipinski definition) is 1. The highest BCUT2D eigenvalue weighted by Crippen LogP contribution is 2.19. The number of aryl methyl sites for hydroxylation is 1. The van der Waals surface area contributed by atoms with Crippen LogP contribution in [0.25, 0.3) is 11.4 Å². The highest BCUT2D eigenvalue weighted by atomic mass is 16.1. The molecule has 2 aromatic heterocycles. The van der Waals surface area contributed by atoms with E-state index in [9.17, 15) is 4.79 Å². The Morgan fingerprint density at radius 1 is 1.47 bits per heavy atom. The van der Waals surface area contributed by atoms with Crippen molar-refractivity contribution >= 4 is 5.78 Å². The predicted octanol–water partition coefficient (Wildman–Crippen LogP) is 1.32. The maximum absolute atomic E-state index is 11.1. The fourth-order valence-corrected chi connectivity index (χ4v) is 1.37. The number of nitrogens with one attached hydrogen (secondary N) is 1. The number of aromatic amines is 1. The fourth-order valence-electron chi connectivity index (χ4n) is 1.37. The molecule has 0 fully saturated rings. The molecule has 0 atom stereocenters. The first-order valence-electron chi connectivity index (χ1n) is 4.64. The predicted molar refractivity (Wildman–Crippen MR) is 55.5 cm³/mol. The van der Waals surface area contributed by atoms with E-state index in [1.165, 1.54) is 6.92 Å². The molecule has 0 bridgehead atoms. The first-order chi connectivity index (χ1) is 7.09. The van der Waals surface area contributed by atoms with Crippen molar-refractivity contribution in [2.75, 3.05) is 0 Å². The number of H-pyrrole nitrogens is 1. The Kier molecular flexibility index (Phi) is 2.15. The molecule has 0 unspecified atom stereocenters. The van der Waals surface area contributed by atoms with Gasteiger partial charge >= 0.3 is 0 Å². The quantitative estimate of drug-likeness (QED) is 0.750. The molecule has 0 spiro atoms. The standard InChI is InChI=1S/C10H12N4O/c1-6-8(4-12-14(6)3)10-11-5-9(13-10)7(2)15/h4-5H,1-3H3,(H,11,13). The van der Waals surface area contributed by atoms with Gasteiger partial charge in [-0.2, -0.15) is 5.10 Å². The smallest absolute Gasteiger partial charge is 0.177 e. The van der Waals surface area contributed by atoms with E-state index in [0.717, 1.165) is 11.3 Å². The number of aromatic nitrogens is 4. The molecule has 2 aromatic rings. The van der Waals surface area contributed by atoms with Gasteiger partial charge in [-0.05, 0) is 6.92 Å². The van der Waals surface area contributed by atoms with Gasteiger partial charge < -0.3 is 4.98 Å². The minimum atomic E-state index is -0.0182. The number of hydrogen-bond acceptors (Lipinski definition) is 3. The third kappa shape index (κ3) is 1.56. The molecule has 0 amide bonds. The summed E-state index contributed by atoms with van der Waals surface area (Å²) in [6.45, 7) is 3.46. The van der Waals surface area contributed by atoms with Crippen LogP contribution in [0.2, 0.25) is 0 Å². The Labute approximate surface area is 87.1 Å². The maximum Gasteiger partial charge on any atom is 0.177 e. The second-order valence-electron chi connectivity index (χ2n) is 3.47. The van der Waals surface area contributed by atoms with Crippen molar-refractivity contribution in [1.29, 1.82) is 0 Å². The van der Waals surface area contributed by atoms with Gasteiger partial charge in [-0.15, -0.1) is 0 Å². The number of rotatable bonds is 2. The van der Waals surface area contributed by atoms with Crippen LogP contribution in [0.15, 0.2) is 12.4 Å². The normalized spacial score (nSPS) is 10.6. The molecule has 0 aliphatic rings. The van der Waals surface area contributed by atoms with Crippen LogP contribution in [0, 0.1) is 6.92 Å². The highest BCUT2D eigenvalue weighted by Gasteiger charge is 2.11. The summed E-state index contributed by atoms with van der Waals surface area (Å²) in [6.07, 6.45) is 3.28. The van der Waals surface area contributed by atoms with Gasteiger partial charge in [0.1, 0.15) is 11.5 Å². The third-order valence-electron chi connectivity index (χ3n) is 2.45. The SMILES string of the molecule is CC(=O)c1cnc(-c2cnn(C)c2C)[nH]1. The van der Waals surface area contributed by atoms with E-state index in [4.69, 9.17) is 0 Å². The Morgan fingerprint density at radius 3 is 2.67 bits per heavy atom. The zero-order valence-corrected chi connectivity index (χ0v) is 8.90. The van der Waals surface area contributed by atoms with Crippen molar-refractivity contribution in [2.45, 2.75) is 13.8 Å². The average molecular weight is 204 g/mol. The lowest BCUT2D eigenvalue weighted by Gasteiger charge is -1.95. The maximum atomic E-state index is 11.1. The van der Waals surface area contributed by atoms with Crippen molar-refractivity contribution in [2.24, 2.45) is 7.05 Å². The first kappa shape index (κ1) is 9.64. The zero-order valence-electron chi connectivity index (χ0n) is 8.90. The molecule has 0 radical (unpaired) electrons. The molecule has 5 heteroatoms. The summed E-state index contributed by atoms with van der Waals surface area (Å²) in [4.78, 5) is 18.2. The highest BCUT2D eigenvalue weighted by molar-refractivity contribution is 5.92. The van der Waals surface area contributed by atoms with E-state index in [0.29, 0.717) is 11.5 Å². The van der Waals surface area contributed by atoms with Crippen LogP contribution in [-0.2, 0) is 7.05 Å².